The SMILES string of the molecule is CC[C@H](C)Oc1c(I)cc(/C=C2/NC(=O)N(Cc3ccccc3F)C2=O)cc1OC. The molecule has 2 aromatic rings. The van der Waals surface area contributed by atoms with Gasteiger partial charge in [0.2, 0.25) is 0 Å². The Hall–Kier alpha value is -2.62. The number of benzene rings is 2. The monoisotopic (exact) mass is 524 g/mol. The van der Waals surface area contributed by atoms with Crippen molar-refractivity contribution >= 4 is 40.6 Å². The fraction of sp³-hybridized carbons (Fsp3) is 0.273. The van der Waals surface area contributed by atoms with Gasteiger partial charge in [-0.25, -0.2) is 9.18 Å². The molecular weight excluding hydrogens is 502 g/mol. The molecular formula is C22H22FIN2O4. The maximum Gasteiger partial charge on any atom is 0.329 e. The number of urea groups is 1. The van der Waals surface area contributed by atoms with Crippen molar-refractivity contribution < 1.29 is 23.5 Å². The minimum atomic E-state index is -0.590. The number of hydrogen-bond donors (Lipinski definition) is 1. The first-order valence-corrected chi connectivity index (χ1v) is 10.5. The van der Waals surface area contributed by atoms with E-state index < -0.39 is 17.8 Å². The van der Waals surface area contributed by atoms with Gasteiger partial charge in [-0.3, -0.25) is 9.69 Å². The van der Waals surface area contributed by atoms with E-state index >= 15 is 0 Å². The molecule has 0 bridgehead atoms. The predicted molar refractivity (Wildman–Crippen MR) is 120 cm³/mol. The van der Waals surface area contributed by atoms with Crippen LogP contribution in [0.2, 0.25) is 0 Å². The number of imide groups is 1. The minimum Gasteiger partial charge on any atom is -0.493 e. The van der Waals surface area contributed by atoms with Crippen LogP contribution in [0.15, 0.2) is 42.1 Å². The van der Waals surface area contributed by atoms with Crippen molar-refractivity contribution in [1.82, 2.24) is 10.2 Å². The number of hydrogen-bond acceptors (Lipinski definition) is 4. The zero-order valence-electron chi connectivity index (χ0n) is 16.9. The van der Waals surface area contributed by atoms with Gasteiger partial charge in [0, 0.05) is 5.56 Å². The molecule has 30 heavy (non-hydrogen) atoms. The Morgan fingerprint density at radius 1 is 1.27 bits per heavy atom. The van der Waals surface area contributed by atoms with Crippen LogP contribution in [0.25, 0.3) is 6.08 Å². The first-order chi connectivity index (χ1) is 14.3. The molecule has 1 saturated heterocycles. The van der Waals surface area contributed by atoms with Crippen LogP contribution in [0.5, 0.6) is 11.5 Å². The molecule has 0 radical (unpaired) electrons. The number of carbonyl (C=O) groups excluding carboxylic acids is 2. The fourth-order valence-corrected chi connectivity index (χ4v) is 3.65. The Bertz CT molecular complexity index is 1010. The Kier molecular flexibility index (Phi) is 6.96. The number of nitrogens with one attached hydrogen (secondary N) is 1. The van der Waals surface area contributed by atoms with Crippen LogP contribution in [0, 0.1) is 9.39 Å². The lowest BCUT2D eigenvalue weighted by Gasteiger charge is -2.17. The van der Waals surface area contributed by atoms with E-state index in [2.05, 4.69) is 27.9 Å². The molecule has 3 amide bonds. The molecule has 0 aromatic heterocycles. The average molecular weight is 524 g/mol. The fourth-order valence-electron chi connectivity index (χ4n) is 2.90. The maximum atomic E-state index is 13.9. The highest BCUT2D eigenvalue weighted by molar-refractivity contribution is 14.1. The van der Waals surface area contributed by atoms with Crippen molar-refractivity contribution in [3.63, 3.8) is 0 Å². The number of carbonyl (C=O) groups is 2. The van der Waals surface area contributed by atoms with Crippen LogP contribution in [0.4, 0.5) is 9.18 Å². The molecule has 0 unspecified atom stereocenters. The number of ether oxygens (including phenoxy) is 2. The summed E-state index contributed by atoms with van der Waals surface area (Å²) in [5.74, 6) is 0.190. The van der Waals surface area contributed by atoms with Gasteiger partial charge >= 0.3 is 6.03 Å². The Morgan fingerprint density at radius 2 is 2.00 bits per heavy atom. The molecule has 3 rings (SSSR count). The third-order valence-electron chi connectivity index (χ3n) is 4.71. The van der Waals surface area contributed by atoms with Crippen LogP contribution < -0.4 is 14.8 Å². The number of halogens is 2. The molecule has 0 spiro atoms. The zero-order chi connectivity index (χ0) is 21.8. The molecule has 8 heteroatoms. The summed E-state index contributed by atoms with van der Waals surface area (Å²) in [4.78, 5) is 26.0. The van der Waals surface area contributed by atoms with E-state index in [0.29, 0.717) is 17.1 Å². The molecule has 6 nitrogen and oxygen atoms in total. The summed E-state index contributed by atoms with van der Waals surface area (Å²) < 4.78 is 26.1. The van der Waals surface area contributed by atoms with E-state index in [0.717, 1.165) is 14.9 Å². The van der Waals surface area contributed by atoms with Gasteiger partial charge in [0.25, 0.3) is 5.91 Å². The third-order valence-corrected chi connectivity index (χ3v) is 5.51. The standard InChI is InChI=1S/C22H22FIN2O4/c1-4-13(2)30-20-17(24)9-14(11-19(20)29-3)10-18-21(27)26(22(28)25-18)12-15-7-5-6-8-16(15)23/h5-11,13H,4,12H2,1-3H3,(H,25,28)/b18-10+/t13-/m0/s1. The van der Waals surface area contributed by atoms with Crippen molar-refractivity contribution in [3.8, 4) is 11.5 Å². The molecule has 1 heterocycles. The Balaban J connectivity index is 1.86. The second kappa shape index (κ2) is 9.46. The predicted octanol–water partition coefficient (Wildman–Crippen LogP) is 4.71. The summed E-state index contributed by atoms with van der Waals surface area (Å²) in [6, 6.07) is 9.04. The summed E-state index contributed by atoms with van der Waals surface area (Å²) in [7, 11) is 1.55. The lowest BCUT2D eigenvalue weighted by Crippen LogP contribution is -2.30. The first kappa shape index (κ1) is 22.1. The van der Waals surface area contributed by atoms with E-state index in [1.165, 1.54) is 6.07 Å². The quantitative estimate of drug-likeness (QED) is 0.324. The summed E-state index contributed by atoms with van der Waals surface area (Å²) >= 11 is 2.14. The number of nitrogens with zero attached hydrogens (tertiary/aromatic N) is 1. The highest BCUT2D eigenvalue weighted by Crippen LogP contribution is 2.35. The summed E-state index contributed by atoms with van der Waals surface area (Å²) in [6.45, 7) is 3.86. The Morgan fingerprint density at radius 3 is 2.67 bits per heavy atom. The van der Waals surface area contributed by atoms with Crippen molar-refractivity contribution in [2.24, 2.45) is 0 Å². The van der Waals surface area contributed by atoms with Gasteiger partial charge in [0.1, 0.15) is 11.5 Å². The van der Waals surface area contributed by atoms with Gasteiger partial charge < -0.3 is 14.8 Å². The second-order valence-corrected chi connectivity index (χ2v) is 8.00. The van der Waals surface area contributed by atoms with Gasteiger partial charge in [-0.1, -0.05) is 25.1 Å². The molecule has 1 atom stereocenters. The minimum absolute atomic E-state index is 0.0271. The van der Waals surface area contributed by atoms with Gasteiger partial charge in [0.15, 0.2) is 11.5 Å². The first-order valence-electron chi connectivity index (χ1n) is 9.46. The molecule has 0 saturated carbocycles. The molecule has 1 aliphatic rings. The molecule has 1 aliphatic heterocycles. The van der Waals surface area contributed by atoms with Crippen molar-refractivity contribution in [3.05, 3.63) is 62.6 Å². The lowest BCUT2D eigenvalue weighted by atomic mass is 10.1. The third kappa shape index (κ3) is 4.75. The normalized spacial score (nSPS) is 16.0. The summed E-state index contributed by atoms with van der Waals surface area (Å²) in [5, 5.41) is 2.56. The molecule has 1 N–H and O–H groups in total. The number of methoxy groups -OCH3 is 1. The van der Waals surface area contributed by atoms with Crippen LogP contribution in [-0.2, 0) is 11.3 Å². The van der Waals surface area contributed by atoms with Crippen LogP contribution >= 0.6 is 22.6 Å². The molecule has 0 aliphatic carbocycles. The molecule has 2 aromatic carbocycles. The summed E-state index contributed by atoms with van der Waals surface area (Å²) in [5.41, 5.74) is 1.05. The van der Waals surface area contributed by atoms with Crippen molar-refractivity contribution in [2.75, 3.05) is 7.11 Å². The topological polar surface area (TPSA) is 67.9 Å². The van der Waals surface area contributed by atoms with E-state index in [-0.39, 0.29) is 23.9 Å². The highest BCUT2D eigenvalue weighted by Gasteiger charge is 2.34. The van der Waals surface area contributed by atoms with E-state index in [9.17, 15) is 14.0 Å². The van der Waals surface area contributed by atoms with Crippen LogP contribution in [0.3, 0.4) is 0 Å². The van der Waals surface area contributed by atoms with Crippen LogP contribution in [0.1, 0.15) is 31.4 Å². The summed E-state index contributed by atoms with van der Waals surface area (Å²) in [6.07, 6.45) is 2.45. The van der Waals surface area contributed by atoms with Gasteiger partial charge in [-0.15, -0.1) is 0 Å². The number of rotatable bonds is 7. The van der Waals surface area contributed by atoms with Gasteiger partial charge in [-0.2, -0.15) is 0 Å². The molecule has 1 fully saturated rings. The van der Waals surface area contributed by atoms with Crippen molar-refractivity contribution in [1.29, 1.82) is 0 Å². The van der Waals surface area contributed by atoms with E-state index in [4.69, 9.17) is 9.47 Å². The van der Waals surface area contributed by atoms with Gasteiger partial charge in [-0.05, 0) is 65.8 Å². The second-order valence-electron chi connectivity index (χ2n) is 6.84. The largest absolute Gasteiger partial charge is 0.493 e. The lowest BCUT2D eigenvalue weighted by molar-refractivity contribution is -0.123. The smallest absolute Gasteiger partial charge is 0.329 e. The number of amides is 3. The average Bonchev–Trinajstić information content (AvgIpc) is 2.98. The van der Waals surface area contributed by atoms with E-state index in [1.807, 2.05) is 19.9 Å². The van der Waals surface area contributed by atoms with Crippen molar-refractivity contribution in [2.45, 2.75) is 32.9 Å². The molecule has 158 valence electrons. The zero-order valence-corrected chi connectivity index (χ0v) is 19.0. The van der Waals surface area contributed by atoms with Gasteiger partial charge in [0.05, 0.1) is 23.3 Å². The maximum absolute atomic E-state index is 13.9. The van der Waals surface area contributed by atoms with Crippen LogP contribution in [-0.4, -0.2) is 30.1 Å². The van der Waals surface area contributed by atoms with E-state index in [1.54, 1.807) is 37.5 Å². The Labute approximate surface area is 188 Å². The highest BCUT2D eigenvalue weighted by atomic mass is 127.